The highest BCUT2D eigenvalue weighted by molar-refractivity contribution is 5.43. The number of anilines is 2. The lowest BCUT2D eigenvalue weighted by Crippen LogP contribution is -2.39. The minimum Gasteiger partial charge on any atom is -0.481 e. The number of nitrogens with two attached hydrogens (primary N) is 1. The fraction of sp³-hybridized carbons (Fsp3) is 0.692. The Morgan fingerprint density at radius 3 is 2.79 bits per heavy atom. The number of rotatable bonds is 5. The molecule has 1 aromatic rings. The van der Waals surface area contributed by atoms with Gasteiger partial charge in [0.15, 0.2) is 0 Å². The van der Waals surface area contributed by atoms with Gasteiger partial charge in [-0.1, -0.05) is 6.92 Å². The van der Waals surface area contributed by atoms with Crippen LogP contribution in [0, 0.1) is 0 Å². The second-order valence-electron chi connectivity index (χ2n) is 4.91. The fourth-order valence-electron chi connectivity index (χ4n) is 2.45. The number of hydrogen-bond donors (Lipinski definition) is 2. The van der Waals surface area contributed by atoms with Gasteiger partial charge < -0.3 is 20.7 Å². The molecule has 0 radical (unpaired) electrons. The molecule has 1 fully saturated rings. The highest BCUT2D eigenvalue weighted by Crippen LogP contribution is 2.19. The fourth-order valence-corrected chi connectivity index (χ4v) is 2.45. The highest BCUT2D eigenvalue weighted by Gasteiger charge is 2.19. The highest BCUT2D eigenvalue weighted by atomic mass is 16.5. The SMILES string of the molecule is CCCN1CCC(Nc2cc(OC)nc(N)n2)CC1. The Balaban J connectivity index is 1.90. The third kappa shape index (κ3) is 3.96. The zero-order valence-corrected chi connectivity index (χ0v) is 11.7. The predicted octanol–water partition coefficient (Wildman–Crippen LogP) is 1.35. The molecule has 1 saturated heterocycles. The molecule has 6 nitrogen and oxygen atoms in total. The van der Waals surface area contributed by atoms with Gasteiger partial charge in [-0.05, 0) is 25.8 Å². The van der Waals surface area contributed by atoms with Gasteiger partial charge in [0.2, 0.25) is 11.8 Å². The van der Waals surface area contributed by atoms with E-state index in [1.54, 1.807) is 13.2 Å². The number of piperidine rings is 1. The summed E-state index contributed by atoms with van der Waals surface area (Å²) in [5, 5.41) is 3.42. The lowest BCUT2D eigenvalue weighted by Gasteiger charge is -2.32. The summed E-state index contributed by atoms with van der Waals surface area (Å²) < 4.78 is 5.09. The average Bonchev–Trinajstić information content (AvgIpc) is 2.40. The summed E-state index contributed by atoms with van der Waals surface area (Å²) in [6.07, 6.45) is 3.48. The zero-order chi connectivity index (χ0) is 13.7. The Kier molecular flexibility index (Phi) is 4.79. The molecule has 0 amide bonds. The molecule has 6 heteroatoms. The van der Waals surface area contributed by atoms with Crippen LogP contribution in [0.15, 0.2) is 6.07 Å². The maximum absolute atomic E-state index is 5.65. The standard InChI is InChI=1S/C13H23N5O/c1-3-6-18-7-4-10(5-8-18)15-11-9-12(19-2)17-13(14)16-11/h9-10H,3-8H2,1-2H3,(H3,14,15,16,17). The Morgan fingerprint density at radius 1 is 1.42 bits per heavy atom. The lowest BCUT2D eigenvalue weighted by atomic mass is 10.0. The molecule has 0 spiro atoms. The van der Waals surface area contributed by atoms with Crippen molar-refractivity contribution in [2.75, 3.05) is 37.8 Å². The lowest BCUT2D eigenvalue weighted by molar-refractivity contribution is 0.219. The largest absolute Gasteiger partial charge is 0.481 e. The number of aromatic nitrogens is 2. The van der Waals surface area contributed by atoms with Crippen LogP contribution in [0.3, 0.4) is 0 Å². The van der Waals surface area contributed by atoms with Gasteiger partial charge in [0, 0.05) is 25.2 Å². The third-order valence-corrected chi connectivity index (χ3v) is 3.41. The van der Waals surface area contributed by atoms with E-state index >= 15 is 0 Å². The zero-order valence-electron chi connectivity index (χ0n) is 11.7. The van der Waals surface area contributed by atoms with E-state index < -0.39 is 0 Å². The van der Waals surface area contributed by atoms with Crippen molar-refractivity contribution in [2.45, 2.75) is 32.2 Å². The maximum atomic E-state index is 5.65. The number of methoxy groups -OCH3 is 1. The van der Waals surface area contributed by atoms with Crippen molar-refractivity contribution in [3.05, 3.63) is 6.07 Å². The van der Waals surface area contributed by atoms with Gasteiger partial charge in [-0.25, -0.2) is 0 Å². The van der Waals surface area contributed by atoms with E-state index in [0.717, 1.165) is 31.7 Å². The van der Waals surface area contributed by atoms with Crippen LogP contribution in [0.1, 0.15) is 26.2 Å². The van der Waals surface area contributed by atoms with Crippen LogP contribution in [-0.4, -0.2) is 47.7 Å². The number of nitrogen functional groups attached to an aromatic ring is 1. The molecule has 2 heterocycles. The van der Waals surface area contributed by atoms with Crippen LogP contribution in [0.4, 0.5) is 11.8 Å². The topological polar surface area (TPSA) is 76.3 Å². The number of likely N-dealkylation sites (tertiary alicyclic amines) is 1. The number of nitrogens with one attached hydrogen (secondary N) is 1. The van der Waals surface area contributed by atoms with Crippen molar-refractivity contribution < 1.29 is 4.74 Å². The molecule has 0 atom stereocenters. The minimum absolute atomic E-state index is 0.241. The van der Waals surface area contributed by atoms with Gasteiger partial charge >= 0.3 is 0 Å². The van der Waals surface area contributed by atoms with Gasteiger partial charge in [-0.3, -0.25) is 0 Å². The van der Waals surface area contributed by atoms with E-state index in [9.17, 15) is 0 Å². The van der Waals surface area contributed by atoms with E-state index in [0.29, 0.717) is 11.9 Å². The second-order valence-corrected chi connectivity index (χ2v) is 4.91. The molecule has 106 valence electrons. The number of ether oxygens (including phenoxy) is 1. The van der Waals surface area contributed by atoms with Crippen molar-refractivity contribution in [3.63, 3.8) is 0 Å². The molecule has 0 saturated carbocycles. The monoisotopic (exact) mass is 265 g/mol. The van der Waals surface area contributed by atoms with Gasteiger partial charge in [0.05, 0.1) is 7.11 Å². The molecule has 1 aliphatic rings. The summed E-state index contributed by atoms with van der Waals surface area (Å²) in [5.74, 6) is 1.49. The van der Waals surface area contributed by atoms with Crippen LogP contribution >= 0.6 is 0 Å². The normalized spacial score (nSPS) is 17.4. The molecule has 0 bridgehead atoms. The van der Waals surface area contributed by atoms with E-state index in [1.165, 1.54) is 13.0 Å². The van der Waals surface area contributed by atoms with E-state index in [4.69, 9.17) is 10.5 Å². The van der Waals surface area contributed by atoms with Gasteiger partial charge in [-0.2, -0.15) is 9.97 Å². The van der Waals surface area contributed by atoms with Crippen molar-refractivity contribution in [2.24, 2.45) is 0 Å². The molecule has 3 N–H and O–H groups in total. The molecule has 19 heavy (non-hydrogen) atoms. The molecule has 0 unspecified atom stereocenters. The van der Waals surface area contributed by atoms with Crippen LogP contribution in [-0.2, 0) is 0 Å². The summed E-state index contributed by atoms with van der Waals surface area (Å²) in [6, 6.07) is 2.24. The van der Waals surface area contributed by atoms with Crippen LogP contribution in [0.25, 0.3) is 0 Å². The Hall–Kier alpha value is -1.56. The first-order valence-electron chi connectivity index (χ1n) is 6.88. The van der Waals surface area contributed by atoms with Crippen LogP contribution < -0.4 is 15.8 Å². The average molecular weight is 265 g/mol. The van der Waals surface area contributed by atoms with Crippen LogP contribution in [0.5, 0.6) is 5.88 Å². The molecular weight excluding hydrogens is 242 g/mol. The second kappa shape index (κ2) is 6.56. The van der Waals surface area contributed by atoms with Crippen molar-refractivity contribution in [1.29, 1.82) is 0 Å². The van der Waals surface area contributed by atoms with Gasteiger partial charge in [0.1, 0.15) is 5.82 Å². The first-order chi connectivity index (χ1) is 9.21. The summed E-state index contributed by atoms with van der Waals surface area (Å²) in [7, 11) is 1.58. The molecule has 0 aromatic carbocycles. The molecule has 2 rings (SSSR count). The molecular formula is C13H23N5O. The van der Waals surface area contributed by atoms with Crippen LogP contribution in [0.2, 0.25) is 0 Å². The quantitative estimate of drug-likeness (QED) is 0.837. The first kappa shape index (κ1) is 13.9. The summed E-state index contributed by atoms with van der Waals surface area (Å²) >= 11 is 0. The Morgan fingerprint density at radius 2 is 2.16 bits per heavy atom. The van der Waals surface area contributed by atoms with Crippen molar-refractivity contribution >= 4 is 11.8 Å². The van der Waals surface area contributed by atoms with Crippen molar-refractivity contribution in [1.82, 2.24) is 14.9 Å². The Labute approximate surface area is 114 Å². The number of nitrogens with zero attached hydrogens (tertiary/aromatic N) is 3. The Bertz CT molecular complexity index is 404. The van der Waals surface area contributed by atoms with E-state index in [1.807, 2.05) is 0 Å². The van der Waals surface area contributed by atoms with Crippen molar-refractivity contribution in [3.8, 4) is 5.88 Å². The smallest absolute Gasteiger partial charge is 0.225 e. The summed E-state index contributed by atoms with van der Waals surface area (Å²) in [6.45, 7) is 5.70. The molecule has 0 aliphatic carbocycles. The van der Waals surface area contributed by atoms with Gasteiger partial charge in [-0.15, -0.1) is 0 Å². The van der Waals surface area contributed by atoms with Gasteiger partial charge in [0.25, 0.3) is 0 Å². The predicted molar refractivity (Wildman–Crippen MR) is 76.4 cm³/mol. The summed E-state index contributed by atoms with van der Waals surface area (Å²) in [4.78, 5) is 10.7. The minimum atomic E-state index is 0.241. The van der Waals surface area contributed by atoms with E-state index in [-0.39, 0.29) is 5.95 Å². The first-order valence-corrected chi connectivity index (χ1v) is 6.88. The third-order valence-electron chi connectivity index (χ3n) is 3.41. The molecule has 1 aromatic heterocycles. The van der Waals surface area contributed by atoms with E-state index in [2.05, 4.69) is 27.1 Å². The molecule has 1 aliphatic heterocycles. The summed E-state index contributed by atoms with van der Waals surface area (Å²) in [5.41, 5.74) is 5.65. The maximum Gasteiger partial charge on any atom is 0.225 e. The number of hydrogen-bond acceptors (Lipinski definition) is 6.